The minimum Gasteiger partial charge on any atom is -0.477 e. The molecule has 0 bridgehead atoms. The third-order valence-corrected chi connectivity index (χ3v) is 1.66. The molecule has 1 rings (SSSR count). The van der Waals surface area contributed by atoms with Gasteiger partial charge in [0.1, 0.15) is 5.82 Å². The summed E-state index contributed by atoms with van der Waals surface area (Å²) in [4.78, 5) is 14.5. The summed E-state index contributed by atoms with van der Waals surface area (Å²) in [6.45, 7) is 4.94. The lowest BCUT2D eigenvalue weighted by Crippen LogP contribution is -2.10. The van der Waals surface area contributed by atoms with Crippen LogP contribution < -0.4 is 5.32 Å². The molecule has 1 heterocycles. The van der Waals surface area contributed by atoms with Crippen LogP contribution in [0.25, 0.3) is 0 Å². The lowest BCUT2D eigenvalue weighted by Gasteiger charge is -2.07. The lowest BCUT2D eigenvalue weighted by atomic mass is 10.2. The Bertz CT molecular complexity index is 324. The molecule has 0 saturated carbocycles. The molecule has 0 radical (unpaired) electrons. The lowest BCUT2D eigenvalue weighted by molar-refractivity contribution is 0.0690. The summed E-state index contributed by atoms with van der Waals surface area (Å²) in [6.07, 6.45) is 0. The molecule has 0 saturated heterocycles. The zero-order chi connectivity index (χ0) is 10.6. The highest BCUT2D eigenvalue weighted by Crippen LogP contribution is 2.05. The molecule has 0 aliphatic heterocycles. The monoisotopic (exact) mass is 194 g/mol. The molecule has 0 aromatic carbocycles. The first kappa shape index (κ1) is 10.5. The Morgan fingerprint density at radius 2 is 2.29 bits per heavy atom. The van der Waals surface area contributed by atoms with Gasteiger partial charge in [-0.05, 0) is 18.1 Å². The molecule has 1 aromatic heterocycles. The molecule has 14 heavy (non-hydrogen) atoms. The first-order chi connectivity index (χ1) is 6.59. The van der Waals surface area contributed by atoms with Gasteiger partial charge in [0.05, 0.1) is 0 Å². The number of hydrogen-bond acceptors (Lipinski definition) is 3. The number of anilines is 1. The summed E-state index contributed by atoms with van der Waals surface area (Å²) in [6, 6.07) is 4.91. The Kier molecular flexibility index (Phi) is 3.45. The van der Waals surface area contributed by atoms with E-state index in [1.807, 2.05) is 0 Å². The molecule has 4 heteroatoms. The molecule has 1 aromatic rings. The van der Waals surface area contributed by atoms with E-state index in [1.165, 1.54) is 6.07 Å². The number of carboxylic acid groups (broad SMARTS) is 1. The van der Waals surface area contributed by atoms with E-state index in [0.717, 1.165) is 6.54 Å². The maximum absolute atomic E-state index is 10.6. The summed E-state index contributed by atoms with van der Waals surface area (Å²) in [5, 5.41) is 11.8. The number of pyridine rings is 1. The molecule has 0 aliphatic rings. The highest BCUT2D eigenvalue weighted by molar-refractivity contribution is 5.85. The maximum atomic E-state index is 10.6. The minimum atomic E-state index is -1.00. The van der Waals surface area contributed by atoms with Crippen molar-refractivity contribution in [2.75, 3.05) is 11.9 Å². The van der Waals surface area contributed by atoms with Gasteiger partial charge in [-0.25, -0.2) is 9.78 Å². The molecule has 0 aliphatic carbocycles. The van der Waals surface area contributed by atoms with Gasteiger partial charge in [-0.15, -0.1) is 0 Å². The molecule has 0 amide bonds. The molecule has 4 nitrogen and oxygen atoms in total. The highest BCUT2D eigenvalue weighted by atomic mass is 16.4. The van der Waals surface area contributed by atoms with Crippen LogP contribution in [0.3, 0.4) is 0 Å². The SMILES string of the molecule is CC(C)CNc1cccc(C(=O)O)n1. The molecule has 0 atom stereocenters. The minimum absolute atomic E-state index is 0.0683. The zero-order valence-corrected chi connectivity index (χ0v) is 8.32. The average molecular weight is 194 g/mol. The predicted octanol–water partition coefficient (Wildman–Crippen LogP) is 1.85. The number of rotatable bonds is 4. The van der Waals surface area contributed by atoms with Gasteiger partial charge in [0.2, 0.25) is 0 Å². The summed E-state index contributed by atoms with van der Waals surface area (Å²) in [5.74, 6) is 0.113. The third kappa shape index (κ3) is 3.05. The fourth-order valence-corrected chi connectivity index (χ4v) is 0.961. The first-order valence-electron chi connectivity index (χ1n) is 4.54. The standard InChI is InChI=1S/C10H14N2O2/c1-7(2)6-11-9-5-3-4-8(12-9)10(13)14/h3-5,7H,6H2,1-2H3,(H,11,12)(H,13,14). The first-order valence-corrected chi connectivity index (χ1v) is 4.54. The van der Waals surface area contributed by atoms with Crippen molar-refractivity contribution in [3.63, 3.8) is 0 Å². The van der Waals surface area contributed by atoms with Crippen LogP contribution in [0.2, 0.25) is 0 Å². The number of aromatic nitrogens is 1. The van der Waals surface area contributed by atoms with E-state index in [0.29, 0.717) is 11.7 Å². The van der Waals surface area contributed by atoms with E-state index in [-0.39, 0.29) is 5.69 Å². The summed E-state index contributed by atoms with van der Waals surface area (Å²) in [7, 11) is 0. The van der Waals surface area contributed by atoms with Crippen LogP contribution in [-0.4, -0.2) is 22.6 Å². The van der Waals surface area contributed by atoms with Gasteiger partial charge < -0.3 is 10.4 Å². The van der Waals surface area contributed by atoms with E-state index in [1.54, 1.807) is 12.1 Å². The summed E-state index contributed by atoms with van der Waals surface area (Å²) in [5.41, 5.74) is 0.0683. The Hall–Kier alpha value is -1.58. The second-order valence-corrected chi connectivity index (χ2v) is 3.49. The fourth-order valence-electron chi connectivity index (χ4n) is 0.961. The maximum Gasteiger partial charge on any atom is 0.354 e. The number of carbonyl (C=O) groups is 1. The summed E-state index contributed by atoms with van der Waals surface area (Å²) >= 11 is 0. The quantitative estimate of drug-likeness (QED) is 0.767. The van der Waals surface area contributed by atoms with Crippen molar-refractivity contribution < 1.29 is 9.90 Å². The summed E-state index contributed by atoms with van der Waals surface area (Å²) < 4.78 is 0. The fraction of sp³-hybridized carbons (Fsp3) is 0.400. The second-order valence-electron chi connectivity index (χ2n) is 3.49. The molecule has 0 unspecified atom stereocenters. The van der Waals surface area contributed by atoms with Crippen molar-refractivity contribution in [1.82, 2.24) is 4.98 Å². The Balaban J connectivity index is 2.69. The number of carboxylic acids is 1. The van der Waals surface area contributed by atoms with Crippen LogP contribution in [0.15, 0.2) is 18.2 Å². The van der Waals surface area contributed by atoms with Crippen LogP contribution in [0.4, 0.5) is 5.82 Å². The van der Waals surface area contributed by atoms with Gasteiger partial charge in [-0.2, -0.15) is 0 Å². The smallest absolute Gasteiger partial charge is 0.354 e. The largest absolute Gasteiger partial charge is 0.477 e. The molecular weight excluding hydrogens is 180 g/mol. The van der Waals surface area contributed by atoms with E-state index in [2.05, 4.69) is 24.1 Å². The number of nitrogens with one attached hydrogen (secondary N) is 1. The van der Waals surface area contributed by atoms with E-state index in [4.69, 9.17) is 5.11 Å². The predicted molar refractivity (Wildman–Crippen MR) is 54.5 cm³/mol. The topological polar surface area (TPSA) is 62.2 Å². The number of aromatic carboxylic acids is 1. The van der Waals surface area contributed by atoms with Crippen LogP contribution in [0.1, 0.15) is 24.3 Å². The van der Waals surface area contributed by atoms with Gasteiger partial charge in [-0.1, -0.05) is 19.9 Å². The van der Waals surface area contributed by atoms with Crippen LogP contribution in [-0.2, 0) is 0 Å². The van der Waals surface area contributed by atoms with Crippen molar-refractivity contribution in [2.24, 2.45) is 5.92 Å². The normalized spacial score (nSPS) is 10.2. The molecule has 2 N–H and O–H groups in total. The average Bonchev–Trinajstić information content (AvgIpc) is 2.15. The van der Waals surface area contributed by atoms with Crippen LogP contribution >= 0.6 is 0 Å². The Labute approximate surface area is 83.0 Å². The molecule has 76 valence electrons. The van der Waals surface area contributed by atoms with Crippen molar-refractivity contribution in [3.8, 4) is 0 Å². The Morgan fingerprint density at radius 1 is 1.57 bits per heavy atom. The van der Waals surface area contributed by atoms with Gasteiger partial charge in [-0.3, -0.25) is 0 Å². The van der Waals surface area contributed by atoms with Gasteiger partial charge >= 0.3 is 5.97 Å². The number of hydrogen-bond donors (Lipinski definition) is 2. The van der Waals surface area contributed by atoms with Crippen molar-refractivity contribution in [3.05, 3.63) is 23.9 Å². The molecular formula is C10H14N2O2. The zero-order valence-electron chi connectivity index (χ0n) is 8.32. The molecule has 0 fully saturated rings. The van der Waals surface area contributed by atoms with E-state index >= 15 is 0 Å². The van der Waals surface area contributed by atoms with Crippen LogP contribution in [0, 0.1) is 5.92 Å². The van der Waals surface area contributed by atoms with Gasteiger partial charge in [0, 0.05) is 6.54 Å². The van der Waals surface area contributed by atoms with Crippen LogP contribution in [0.5, 0.6) is 0 Å². The second kappa shape index (κ2) is 4.60. The van der Waals surface area contributed by atoms with Crippen molar-refractivity contribution in [2.45, 2.75) is 13.8 Å². The highest BCUT2D eigenvalue weighted by Gasteiger charge is 2.04. The van der Waals surface area contributed by atoms with Gasteiger partial charge in [0.15, 0.2) is 5.69 Å². The van der Waals surface area contributed by atoms with Gasteiger partial charge in [0.25, 0.3) is 0 Å². The Morgan fingerprint density at radius 3 is 2.86 bits per heavy atom. The third-order valence-electron chi connectivity index (χ3n) is 1.66. The van der Waals surface area contributed by atoms with E-state index in [9.17, 15) is 4.79 Å². The van der Waals surface area contributed by atoms with Crippen molar-refractivity contribution >= 4 is 11.8 Å². The molecule has 0 spiro atoms. The van der Waals surface area contributed by atoms with E-state index < -0.39 is 5.97 Å². The number of nitrogens with zero attached hydrogens (tertiary/aromatic N) is 1. The van der Waals surface area contributed by atoms with Crippen molar-refractivity contribution in [1.29, 1.82) is 0 Å².